The summed E-state index contributed by atoms with van der Waals surface area (Å²) in [4.78, 5) is 40.2. The van der Waals surface area contributed by atoms with Crippen LogP contribution in [-0.2, 0) is 4.79 Å². The van der Waals surface area contributed by atoms with E-state index in [4.69, 9.17) is 0 Å². The second-order valence-electron chi connectivity index (χ2n) is 7.25. The summed E-state index contributed by atoms with van der Waals surface area (Å²) in [7, 11) is 3.94. The van der Waals surface area contributed by atoms with E-state index in [9.17, 15) is 14.4 Å². The zero-order valence-electron chi connectivity index (χ0n) is 16.4. The molecule has 6 heteroatoms. The molecule has 1 N–H and O–H groups in total. The highest BCUT2D eigenvalue weighted by atomic mass is 16.2. The van der Waals surface area contributed by atoms with Gasteiger partial charge in [-0.15, -0.1) is 0 Å². The SMILES string of the molecule is Cc1ccc(C(CNC(=O)CCN2C(=O)c3ccccc3C2=O)N(C)C)cc1. The molecule has 0 fully saturated rings. The maximum Gasteiger partial charge on any atom is 0.261 e. The Bertz CT molecular complexity index is 855. The number of imide groups is 1. The third-order valence-corrected chi connectivity index (χ3v) is 5.02. The number of benzene rings is 2. The minimum atomic E-state index is -0.334. The van der Waals surface area contributed by atoms with Gasteiger partial charge in [0.1, 0.15) is 0 Å². The van der Waals surface area contributed by atoms with Gasteiger partial charge in [-0.1, -0.05) is 42.0 Å². The van der Waals surface area contributed by atoms with Crippen LogP contribution in [0.1, 0.15) is 44.3 Å². The third kappa shape index (κ3) is 4.12. The average molecular weight is 379 g/mol. The van der Waals surface area contributed by atoms with Crippen LogP contribution in [0.4, 0.5) is 0 Å². The number of hydrogen-bond acceptors (Lipinski definition) is 4. The first kappa shape index (κ1) is 19.8. The predicted molar refractivity (Wildman–Crippen MR) is 107 cm³/mol. The van der Waals surface area contributed by atoms with Gasteiger partial charge < -0.3 is 10.2 Å². The Balaban J connectivity index is 1.55. The van der Waals surface area contributed by atoms with Gasteiger partial charge in [0.05, 0.1) is 17.2 Å². The molecule has 28 heavy (non-hydrogen) atoms. The van der Waals surface area contributed by atoms with Crippen molar-refractivity contribution >= 4 is 17.7 Å². The van der Waals surface area contributed by atoms with Crippen LogP contribution in [0.3, 0.4) is 0 Å². The van der Waals surface area contributed by atoms with Crippen molar-refractivity contribution in [3.8, 4) is 0 Å². The monoisotopic (exact) mass is 379 g/mol. The van der Waals surface area contributed by atoms with E-state index in [1.165, 1.54) is 5.56 Å². The molecule has 0 saturated heterocycles. The molecule has 2 aromatic rings. The van der Waals surface area contributed by atoms with E-state index in [0.717, 1.165) is 10.5 Å². The van der Waals surface area contributed by atoms with Crippen LogP contribution < -0.4 is 5.32 Å². The van der Waals surface area contributed by atoms with E-state index in [1.807, 2.05) is 21.0 Å². The summed E-state index contributed by atoms with van der Waals surface area (Å²) in [5, 5.41) is 2.92. The molecule has 3 amide bonds. The highest BCUT2D eigenvalue weighted by molar-refractivity contribution is 6.21. The summed E-state index contributed by atoms with van der Waals surface area (Å²) < 4.78 is 0. The highest BCUT2D eigenvalue weighted by Crippen LogP contribution is 2.22. The molecule has 0 aromatic heterocycles. The average Bonchev–Trinajstić information content (AvgIpc) is 2.92. The van der Waals surface area contributed by atoms with Gasteiger partial charge in [0, 0.05) is 19.5 Å². The number of carbonyl (C=O) groups is 3. The molecule has 2 aromatic carbocycles. The van der Waals surface area contributed by atoms with Crippen LogP contribution in [0.2, 0.25) is 0 Å². The van der Waals surface area contributed by atoms with Gasteiger partial charge in [0.15, 0.2) is 0 Å². The van der Waals surface area contributed by atoms with Gasteiger partial charge in [-0.2, -0.15) is 0 Å². The molecular weight excluding hydrogens is 354 g/mol. The maximum absolute atomic E-state index is 12.4. The van der Waals surface area contributed by atoms with E-state index in [-0.39, 0.29) is 36.7 Å². The van der Waals surface area contributed by atoms with Gasteiger partial charge >= 0.3 is 0 Å². The fraction of sp³-hybridized carbons (Fsp3) is 0.318. The number of nitrogens with zero attached hydrogens (tertiary/aromatic N) is 2. The number of rotatable bonds is 7. The van der Waals surface area contributed by atoms with E-state index in [2.05, 4.69) is 34.5 Å². The quantitative estimate of drug-likeness (QED) is 0.750. The normalized spacial score (nSPS) is 14.4. The highest BCUT2D eigenvalue weighted by Gasteiger charge is 2.34. The minimum absolute atomic E-state index is 0.0452. The second kappa shape index (κ2) is 8.35. The molecule has 0 spiro atoms. The Morgan fingerprint density at radius 1 is 1.00 bits per heavy atom. The van der Waals surface area contributed by atoms with Gasteiger partial charge in [0.2, 0.25) is 5.91 Å². The predicted octanol–water partition coefficient (Wildman–Crippen LogP) is 2.40. The molecule has 1 aliphatic heterocycles. The molecule has 0 aliphatic carbocycles. The first-order chi connectivity index (χ1) is 13.4. The second-order valence-corrected chi connectivity index (χ2v) is 7.25. The molecule has 0 radical (unpaired) electrons. The molecular formula is C22H25N3O3. The lowest BCUT2D eigenvalue weighted by Gasteiger charge is -2.25. The Morgan fingerprint density at radius 3 is 2.11 bits per heavy atom. The molecule has 1 heterocycles. The summed E-state index contributed by atoms with van der Waals surface area (Å²) in [5.41, 5.74) is 3.11. The fourth-order valence-corrected chi connectivity index (χ4v) is 3.34. The minimum Gasteiger partial charge on any atom is -0.354 e. The van der Waals surface area contributed by atoms with Crippen molar-refractivity contribution < 1.29 is 14.4 Å². The van der Waals surface area contributed by atoms with Crippen LogP contribution in [0, 0.1) is 6.92 Å². The van der Waals surface area contributed by atoms with Crippen LogP contribution >= 0.6 is 0 Å². The summed E-state index contributed by atoms with van der Waals surface area (Å²) in [5.74, 6) is -0.853. The topological polar surface area (TPSA) is 69.7 Å². The molecule has 6 nitrogen and oxygen atoms in total. The number of likely N-dealkylation sites (N-methyl/N-ethyl adjacent to an activating group) is 1. The largest absolute Gasteiger partial charge is 0.354 e. The molecule has 1 atom stereocenters. The van der Waals surface area contributed by atoms with Crippen molar-refractivity contribution in [1.29, 1.82) is 0 Å². The zero-order chi connectivity index (χ0) is 20.3. The number of fused-ring (bicyclic) bond motifs is 1. The Kier molecular flexibility index (Phi) is 5.90. The van der Waals surface area contributed by atoms with Crippen LogP contribution in [-0.4, -0.2) is 54.7 Å². The van der Waals surface area contributed by atoms with Crippen LogP contribution in [0.15, 0.2) is 48.5 Å². The van der Waals surface area contributed by atoms with Crippen molar-refractivity contribution in [2.24, 2.45) is 0 Å². The first-order valence-corrected chi connectivity index (χ1v) is 9.33. The number of hydrogen-bond donors (Lipinski definition) is 1. The zero-order valence-corrected chi connectivity index (χ0v) is 16.4. The summed E-state index contributed by atoms with van der Waals surface area (Å²) in [6.45, 7) is 2.57. The molecule has 0 saturated carbocycles. The van der Waals surface area contributed by atoms with Gasteiger partial charge in [-0.05, 0) is 38.7 Å². The van der Waals surface area contributed by atoms with Crippen molar-refractivity contribution in [1.82, 2.24) is 15.1 Å². The van der Waals surface area contributed by atoms with Crippen LogP contribution in [0.25, 0.3) is 0 Å². The lowest BCUT2D eigenvalue weighted by Crippen LogP contribution is -2.37. The van der Waals surface area contributed by atoms with E-state index >= 15 is 0 Å². The van der Waals surface area contributed by atoms with Crippen molar-refractivity contribution in [3.63, 3.8) is 0 Å². The molecule has 1 aliphatic rings. The third-order valence-electron chi connectivity index (χ3n) is 5.02. The standard InChI is InChI=1S/C22H25N3O3/c1-15-8-10-16(11-9-15)19(24(2)3)14-23-20(26)12-13-25-21(27)17-6-4-5-7-18(17)22(25)28/h4-11,19H,12-14H2,1-3H3,(H,23,26). The van der Waals surface area contributed by atoms with Gasteiger partial charge in [0.25, 0.3) is 11.8 Å². The van der Waals surface area contributed by atoms with Crippen molar-refractivity contribution in [2.75, 3.05) is 27.2 Å². The lowest BCUT2D eigenvalue weighted by atomic mass is 10.0. The molecule has 0 bridgehead atoms. The van der Waals surface area contributed by atoms with E-state index in [1.54, 1.807) is 24.3 Å². The Labute approximate surface area is 165 Å². The molecule has 3 rings (SSSR count). The summed E-state index contributed by atoms with van der Waals surface area (Å²) in [6.07, 6.45) is 0.0829. The van der Waals surface area contributed by atoms with Crippen molar-refractivity contribution in [3.05, 3.63) is 70.8 Å². The summed E-state index contributed by atoms with van der Waals surface area (Å²) in [6, 6.07) is 15.0. The molecule has 1 unspecified atom stereocenters. The summed E-state index contributed by atoms with van der Waals surface area (Å²) >= 11 is 0. The smallest absolute Gasteiger partial charge is 0.261 e. The number of amides is 3. The van der Waals surface area contributed by atoms with Crippen LogP contribution in [0.5, 0.6) is 0 Å². The first-order valence-electron chi connectivity index (χ1n) is 9.33. The van der Waals surface area contributed by atoms with E-state index in [0.29, 0.717) is 17.7 Å². The number of aryl methyl sites for hydroxylation is 1. The number of carbonyl (C=O) groups excluding carboxylic acids is 3. The Hall–Kier alpha value is -2.99. The van der Waals surface area contributed by atoms with E-state index < -0.39 is 0 Å². The number of nitrogens with one attached hydrogen (secondary N) is 1. The Morgan fingerprint density at radius 2 is 1.57 bits per heavy atom. The van der Waals surface area contributed by atoms with Gasteiger partial charge in [-0.25, -0.2) is 0 Å². The maximum atomic E-state index is 12.4. The molecule has 146 valence electrons. The van der Waals surface area contributed by atoms with Crippen molar-refractivity contribution in [2.45, 2.75) is 19.4 Å². The van der Waals surface area contributed by atoms with Gasteiger partial charge in [-0.3, -0.25) is 19.3 Å². The fourth-order valence-electron chi connectivity index (χ4n) is 3.34. The lowest BCUT2D eigenvalue weighted by molar-refractivity contribution is -0.121.